The van der Waals surface area contributed by atoms with Crippen molar-refractivity contribution in [3.05, 3.63) is 18.6 Å². The molecule has 0 unspecified atom stereocenters. The molecule has 7 heteroatoms. The molecule has 2 aromatic rings. The van der Waals surface area contributed by atoms with Gasteiger partial charge in [0.05, 0.1) is 12.8 Å². The van der Waals surface area contributed by atoms with E-state index in [9.17, 15) is 0 Å². The Hall–Kier alpha value is -1.86. The SMILES string of the molecule is NNc1cn2ccnc2c(NCCOCC2CC2)n1. The predicted molar refractivity (Wildman–Crippen MR) is 72.8 cm³/mol. The fourth-order valence-electron chi connectivity index (χ4n) is 1.90. The van der Waals surface area contributed by atoms with Gasteiger partial charge >= 0.3 is 0 Å². The lowest BCUT2D eigenvalue weighted by Gasteiger charge is -2.09. The van der Waals surface area contributed by atoms with Crippen molar-refractivity contribution in [1.82, 2.24) is 14.4 Å². The molecule has 2 aromatic heterocycles. The number of aromatic nitrogens is 3. The minimum absolute atomic E-state index is 0.590. The molecule has 0 spiro atoms. The van der Waals surface area contributed by atoms with Crippen molar-refractivity contribution in [3.8, 4) is 0 Å². The van der Waals surface area contributed by atoms with Crippen LogP contribution in [0.15, 0.2) is 18.6 Å². The highest BCUT2D eigenvalue weighted by Crippen LogP contribution is 2.28. The molecule has 3 rings (SSSR count). The smallest absolute Gasteiger partial charge is 0.180 e. The van der Waals surface area contributed by atoms with E-state index in [0.717, 1.165) is 18.2 Å². The summed E-state index contributed by atoms with van der Waals surface area (Å²) in [5.41, 5.74) is 3.32. The molecule has 0 saturated heterocycles. The summed E-state index contributed by atoms with van der Waals surface area (Å²) >= 11 is 0. The van der Waals surface area contributed by atoms with Gasteiger partial charge in [-0.3, -0.25) is 0 Å². The first-order chi connectivity index (χ1) is 9.36. The fraction of sp³-hybridized carbons (Fsp3) is 0.500. The standard InChI is InChI=1S/C12H18N6O/c13-17-10-7-18-5-3-15-12(18)11(16-10)14-4-6-19-8-9-1-2-9/h3,5,7,9,17H,1-2,4,6,8,13H2,(H,14,16). The Kier molecular flexibility index (Phi) is 3.47. The van der Waals surface area contributed by atoms with Crippen LogP contribution in [0.3, 0.4) is 0 Å². The summed E-state index contributed by atoms with van der Waals surface area (Å²) in [6, 6.07) is 0. The Bertz CT molecular complexity index is 550. The molecule has 19 heavy (non-hydrogen) atoms. The maximum atomic E-state index is 5.57. The van der Waals surface area contributed by atoms with Crippen molar-refractivity contribution >= 4 is 17.3 Å². The molecule has 0 atom stereocenters. The number of nitrogen functional groups attached to an aromatic ring is 1. The second-order valence-electron chi connectivity index (χ2n) is 4.72. The quantitative estimate of drug-likeness (QED) is 0.389. The fourth-order valence-corrected chi connectivity index (χ4v) is 1.90. The summed E-state index contributed by atoms with van der Waals surface area (Å²) < 4.78 is 7.44. The van der Waals surface area contributed by atoms with E-state index < -0.39 is 0 Å². The van der Waals surface area contributed by atoms with Crippen molar-refractivity contribution in [2.75, 3.05) is 30.5 Å². The van der Waals surface area contributed by atoms with Gasteiger partial charge in [-0.1, -0.05) is 0 Å². The van der Waals surface area contributed by atoms with E-state index in [-0.39, 0.29) is 0 Å². The van der Waals surface area contributed by atoms with Gasteiger partial charge in [-0.25, -0.2) is 15.8 Å². The minimum Gasteiger partial charge on any atom is -0.379 e. The summed E-state index contributed by atoms with van der Waals surface area (Å²) in [6.45, 7) is 2.25. The summed E-state index contributed by atoms with van der Waals surface area (Å²) in [5.74, 6) is 7.48. The summed E-state index contributed by atoms with van der Waals surface area (Å²) in [7, 11) is 0. The molecule has 0 radical (unpaired) electrons. The highest BCUT2D eigenvalue weighted by Gasteiger charge is 2.20. The van der Waals surface area contributed by atoms with Crippen molar-refractivity contribution < 1.29 is 4.74 Å². The lowest BCUT2D eigenvalue weighted by atomic mass is 10.5. The van der Waals surface area contributed by atoms with Gasteiger partial charge in [-0.2, -0.15) is 0 Å². The van der Waals surface area contributed by atoms with E-state index in [2.05, 4.69) is 20.7 Å². The molecule has 1 aliphatic rings. The average Bonchev–Trinajstić information content (AvgIpc) is 3.13. The van der Waals surface area contributed by atoms with E-state index >= 15 is 0 Å². The number of hydrazine groups is 1. The van der Waals surface area contributed by atoms with Crippen molar-refractivity contribution in [3.63, 3.8) is 0 Å². The van der Waals surface area contributed by atoms with Crippen LogP contribution < -0.4 is 16.6 Å². The van der Waals surface area contributed by atoms with Crippen LogP contribution in [0.5, 0.6) is 0 Å². The summed E-state index contributed by atoms with van der Waals surface area (Å²) in [4.78, 5) is 8.61. The highest BCUT2D eigenvalue weighted by molar-refractivity contribution is 5.65. The zero-order chi connectivity index (χ0) is 13.1. The lowest BCUT2D eigenvalue weighted by molar-refractivity contribution is 0.134. The zero-order valence-corrected chi connectivity index (χ0v) is 10.7. The van der Waals surface area contributed by atoms with Crippen molar-refractivity contribution in [2.45, 2.75) is 12.8 Å². The Morgan fingerprint density at radius 1 is 1.47 bits per heavy atom. The molecule has 1 aliphatic carbocycles. The van der Waals surface area contributed by atoms with Gasteiger partial charge in [0.25, 0.3) is 0 Å². The van der Waals surface area contributed by atoms with Crippen molar-refractivity contribution in [1.29, 1.82) is 0 Å². The first kappa shape index (κ1) is 12.2. The number of ether oxygens (including phenoxy) is 1. The van der Waals surface area contributed by atoms with Crippen LogP contribution in [0, 0.1) is 5.92 Å². The lowest BCUT2D eigenvalue weighted by Crippen LogP contribution is -2.15. The van der Waals surface area contributed by atoms with Crippen LogP contribution in [0.2, 0.25) is 0 Å². The summed E-state index contributed by atoms with van der Waals surface area (Å²) in [6.07, 6.45) is 8.00. The van der Waals surface area contributed by atoms with Gasteiger partial charge in [0.1, 0.15) is 0 Å². The topological polar surface area (TPSA) is 89.5 Å². The molecule has 2 heterocycles. The molecule has 0 aliphatic heterocycles. The molecule has 1 fully saturated rings. The van der Waals surface area contributed by atoms with Crippen LogP contribution in [0.25, 0.3) is 5.65 Å². The van der Waals surface area contributed by atoms with Gasteiger partial charge in [0.15, 0.2) is 17.3 Å². The number of rotatable bonds is 7. The average molecular weight is 262 g/mol. The van der Waals surface area contributed by atoms with Crippen molar-refractivity contribution in [2.24, 2.45) is 11.8 Å². The monoisotopic (exact) mass is 262 g/mol. The largest absolute Gasteiger partial charge is 0.379 e. The van der Waals surface area contributed by atoms with Gasteiger partial charge < -0.3 is 19.9 Å². The molecule has 0 amide bonds. The molecular formula is C12H18N6O. The van der Waals surface area contributed by atoms with E-state index in [0.29, 0.717) is 24.8 Å². The van der Waals surface area contributed by atoms with Gasteiger partial charge in [-0.05, 0) is 18.8 Å². The Morgan fingerprint density at radius 3 is 3.16 bits per heavy atom. The molecule has 102 valence electrons. The number of anilines is 2. The first-order valence-electron chi connectivity index (χ1n) is 6.49. The normalized spacial score (nSPS) is 14.8. The van der Waals surface area contributed by atoms with Crippen LogP contribution >= 0.6 is 0 Å². The molecule has 1 saturated carbocycles. The van der Waals surface area contributed by atoms with Crippen LogP contribution in [-0.2, 0) is 4.74 Å². The van der Waals surface area contributed by atoms with Crippen LogP contribution in [-0.4, -0.2) is 34.1 Å². The second-order valence-corrected chi connectivity index (χ2v) is 4.72. The Balaban J connectivity index is 1.60. The molecule has 0 bridgehead atoms. The number of nitrogens with zero attached hydrogens (tertiary/aromatic N) is 3. The van der Waals surface area contributed by atoms with Crippen LogP contribution in [0.4, 0.5) is 11.6 Å². The van der Waals surface area contributed by atoms with E-state index in [1.807, 2.05) is 10.6 Å². The molecule has 0 aromatic carbocycles. The highest BCUT2D eigenvalue weighted by atomic mass is 16.5. The third kappa shape index (κ3) is 2.94. The van der Waals surface area contributed by atoms with Gasteiger partial charge in [0.2, 0.25) is 0 Å². The van der Waals surface area contributed by atoms with E-state index in [1.54, 1.807) is 12.4 Å². The molecule has 4 N–H and O–H groups in total. The third-order valence-corrected chi connectivity index (χ3v) is 3.11. The predicted octanol–water partition coefficient (Wildman–Crippen LogP) is 0.853. The Labute approximate surface area is 111 Å². The number of hydrogen-bond acceptors (Lipinski definition) is 6. The molecular weight excluding hydrogens is 244 g/mol. The Morgan fingerprint density at radius 2 is 2.37 bits per heavy atom. The van der Waals surface area contributed by atoms with E-state index in [4.69, 9.17) is 10.6 Å². The summed E-state index contributed by atoms with van der Waals surface area (Å²) in [5, 5.41) is 3.23. The maximum Gasteiger partial charge on any atom is 0.180 e. The number of hydrogen-bond donors (Lipinski definition) is 3. The third-order valence-electron chi connectivity index (χ3n) is 3.11. The molecule has 7 nitrogen and oxygen atoms in total. The van der Waals surface area contributed by atoms with Crippen LogP contribution in [0.1, 0.15) is 12.8 Å². The van der Waals surface area contributed by atoms with Gasteiger partial charge in [0, 0.05) is 25.5 Å². The van der Waals surface area contributed by atoms with E-state index in [1.165, 1.54) is 12.8 Å². The number of fused-ring (bicyclic) bond motifs is 1. The van der Waals surface area contributed by atoms with Gasteiger partial charge in [-0.15, -0.1) is 0 Å². The maximum absolute atomic E-state index is 5.57. The number of nitrogens with two attached hydrogens (primary N) is 1. The number of imidazole rings is 1. The second kappa shape index (κ2) is 5.41. The minimum atomic E-state index is 0.590. The number of nitrogens with one attached hydrogen (secondary N) is 2. The first-order valence-corrected chi connectivity index (χ1v) is 6.49. The zero-order valence-electron chi connectivity index (χ0n) is 10.7.